The Hall–Kier alpha value is -0.320. The summed E-state index contributed by atoms with van der Waals surface area (Å²) in [5.74, 6) is 0. The third kappa shape index (κ3) is 2.81. The quantitative estimate of drug-likeness (QED) is 0.555. The molecule has 1 aromatic carbocycles. The van der Waals surface area contributed by atoms with Crippen molar-refractivity contribution in [3.05, 3.63) is 34.9 Å². The molecule has 1 saturated carbocycles. The van der Waals surface area contributed by atoms with Crippen molar-refractivity contribution in [1.82, 2.24) is 10.9 Å². The third-order valence-corrected chi connectivity index (χ3v) is 4.62. The first-order valence-electron chi connectivity index (χ1n) is 6.05. The Morgan fingerprint density at radius 3 is 2.61 bits per heavy atom. The third-order valence-electron chi connectivity index (χ3n) is 3.52. The Balaban J connectivity index is 2.18. The van der Waals surface area contributed by atoms with Gasteiger partial charge in [0.25, 0.3) is 0 Å². The molecule has 0 saturated heterocycles. The lowest BCUT2D eigenvalue weighted by atomic mass is 9.89. The largest absolute Gasteiger partial charge is 0.386 e. The van der Waals surface area contributed by atoms with Crippen molar-refractivity contribution < 1.29 is 5.11 Å². The van der Waals surface area contributed by atoms with Gasteiger partial charge in [-0.1, -0.05) is 29.8 Å². The van der Waals surface area contributed by atoms with Crippen LogP contribution in [0.3, 0.4) is 0 Å². The minimum absolute atomic E-state index is 0.387. The van der Waals surface area contributed by atoms with Gasteiger partial charge < -0.3 is 5.11 Å². The highest BCUT2D eigenvalue weighted by Crippen LogP contribution is 2.52. The maximum absolute atomic E-state index is 10.8. The molecule has 1 atom stereocenters. The van der Waals surface area contributed by atoms with Crippen molar-refractivity contribution >= 4 is 23.2 Å². The smallest absolute Gasteiger partial charge is 0.102 e. The van der Waals surface area contributed by atoms with E-state index in [0.29, 0.717) is 18.0 Å². The normalized spacial score (nSPS) is 20.4. The predicted octanol–water partition coefficient (Wildman–Crippen LogP) is 2.11. The fourth-order valence-corrected chi connectivity index (χ4v) is 2.58. The summed E-state index contributed by atoms with van der Waals surface area (Å²) in [4.78, 5) is -0.532. The average Bonchev–Trinajstić information content (AvgIpc) is 3.10. The minimum atomic E-state index is -0.997. The second-order valence-corrected chi connectivity index (χ2v) is 6.00. The van der Waals surface area contributed by atoms with Gasteiger partial charge in [0.1, 0.15) is 5.60 Å². The zero-order chi connectivity index (χ0) is 13.2. The molecule has 2 rings (SSSR count). The van der Waals surface area contributed by atoms with Gasteiger partial charge in [-0.3, -0.25) is 10.9 Å². The van der Waals surface area contributed by atoms with Crippen LogP contribution in [0.25, 0.3) is 0 Å². The SMILES string of the molecule is CNNCC(O)(Cc1ccccc1Cl)C1(Cl)CC1. The molecule has 1 aromatic rings. The van der Waals surface area contributed by atoms with E-state index in [9.17, 15) is 5.11 Å². The Labute approximate surface area is 117 Å². The molecular weight excluding hydrogens is 271 g/mol. The van der Waals surface area contributed by atoms with Crippen LogP contribution >= 0.6 is 23.2 Å². The number of rotatable bonds is 6. The van der Waals surface area contributed by atoms with Crippen LogP contribution < -0.4 is 10.9 Å². The Bertz CT molecular complexity index is 423. The van der Waals surface area contributed by atoms with E-state index in [1.54, 1.807) is 7.05 Å². The lowest BCUT2D eigenvalue weighted by molar-refractivity contribution is 0.0258. The summed E-state index contributed by atoms with van der Waals surface area (Å²) in [5.41, 5.74) is 5.69. The molecule has 5 heteroatoms. The first-order valence-corrected chi connectivity index (χ1v) is 6.81. The summed E-state index contributed by atoms with van der Waals surface area (Å²) in [7, 11) is 1.77. The van der Waals surface area contributed by atoms with E-state index in [1.165, 1.54) is 0 Å². The first-order chi connectivity index (χ1) is 8.51. The van der Waals surface area contributed by atoms with Crippen LogP contribution in [-0.4, -0.2) is 29.2 Å². The molecule has 0 bridgehead atoms. The Morgan fingerprint density at radius 1 is 1.39 bits per heavy atom. The molecule has 0 aliphatic heterocycles. The van der Waals surface area contributed by atoms with Crippen molar-refractivity contribution in [3.8, 4) is 0 Å². The van der Waals surface area contributed by atoms with Gasteiger partial charge in [-0.15, -0.1) is 11.6 Å². The average molecular weight is 289 g/mol. The highest BCUT2D eigenvalue weighted by Gasteiger charge is 2.57. The molecule has 0 aromatic heterocycles. The van der Waals surface area contributed by atoms with Crippen LogP contribution in [0.4, 0.5) is 0 Å². The zero-order valence-electron chi connectivity index (χ0n) is 10.3. The molecule has 0 heterocycles. The number of aliphatic hydroxyl groups is 1. The molecule has 3 N–H and O–H groups in total. The van der Waals surface area contributed by atoms with E-state index in [0.717, 1.165) is 18.4 Å². The second-order valence-electron chi connectivity index (χ2n) is 4.87. The summed E-state index contributed by atoms with van der Waals surface area (Å²) in [6.45, 7) is 0.387. The van der Waals surface area contributed by atoms with Crippen molar-refractivity contribution in [2.24, 2.45) is 0 Å². The molecule has 100 valence electrons. The van der Waals surface area contributed by atoms with Crippen LogP contribution in [0.15, 0.2) is 24.3 Å². The van der Waals surface area contributed by atoms with Gasteiger partial charge in [-0.2, -0.15) is 0 Å². The van der Waals surface area contributed by atoms with E-state index in [-0.39, 0.29) is 0 Å². The topological polar surface area (TPSA) is 44.3 Å². The number of halogens is 2. The molecule has 18 heavy (non-hydrogen) atoms. The monoisotopic (exact) mass is 288 g/mol. The van der Waals surface area contributed by atoms with E-state index in [1.807, 2.05) is 24.3 Å². The predicted molar refractivity (Wildman–Crippen MR) is 75.0 cm³/mol. The van der Waals surface area contributed by atoms with Crippen LogP contribution in [-0.2, 0) is 6.42 Å². The van der Waals surface area contributed by atoms with E-state index < -0.39 is 10.5 Å². The zero-order valence-corrected chi connectivity index (χ0v) is 11.9. The number of nitrogens with one attached hydrogen (secondary N) is 2. The molecule has 1 aliphatic carbocycles. The second kappa shape index (κ2) is 5.35. The summed E-state index contributed by atoms with van der Waals surface area (Å²) in [6, 6.07) is 7.55. The maximum Gasteiger partial charge on any atom is 0.102 e. The van der Waals surface area contributed by atoms with E-state index in [2.05, 4.69) is 10.9 Å². The lowest BCUT2D eigenvalue weighted by Crippen LogP contribution is -2.53. The molecular formula is C13H18Cl2N2O. The first kappa shape index (κ1) is 14.1. The summed E-state index contributed by atoms with van der Waals surface area (Å²) >= 11 is 12.6. The van der Waals surface area contributed by atoms with Crippen molar-refractivity contribution in [2.75, 3.05) is 13.6 Å². The van der Waals surface area contributed by atoms with Crippen LogP contribution in [0, 0.1) is 0 Å². The number of hydrogen-bond donors (Lipinski definition) is 3. The Kier molecular flexibility index (Phi) is 4.19. The molecule has 0 radical (unpaired) electrons. The molecule has 0 amide bonds. The molecule has 1 unspecified atom stereocenters. The highest BCUT2D eigenvalue weighted by atomic mass is 35.5. The van der Waals surface area contributed by atoms with Gasteiger partial charge >= 0.3 is 0 Å². The summed E-state index contributed by atoms with van der Waals surface area (Å²) < 4.78 is 0. The van der Waals surface area contributed by atoms with E-state index in [4.69, 9.17) is 23.2 Å². The van der Waals surface area contributed by atoms with Gasteiger partial charge in [0, 0.05) is 18.0 Å². The van der Waals surface area contributed by atoms with Crippen LogP contribution in [0.1, 0.15) is 18.4 Å². The molecule has 1 aliphatic rings. The minimum Gasteiger partial charge on any atom is -0.386 e. The summed E-state index contributed by atoms with van der Waals surface area (Å²) in [5, 5.41) is 11.5. The van der Waals surface area contributed by atoms with Gasteiger partial charge in [0.2, 0.25) is 0 Å². The molecule has 3 nitrogen and oxygen atoms in total. The fraction of sp³-hybridized carbons (Fsp3) is 0.538. The fourth-order valence-electron chi connectivity index (χ4n) is 2.15. The number of benzene rings is 1. The Morgan fingerprint density at radius 2 is 2.06 bits per heavy atom. The molecule has 0 spiro atoms. The highest BCUT2D eigenvalue weighted by molar-refractivity contribution is 6.31. The van der Waals surface area contributed by atoms with Gasteiger partial charge in [-0.25, -0.2) is 0 Å². The maximum atomic E-state index is 10.8. The number of hydrogen-bond acceptors (Lipinski definition) is 3. The van der Waals surface area contributed by atoms with Gasteiger partial charge in [0.15, 0.2) is 0 Å². The standard InChI is InChI=1S/C13H18Cl2N2O/c1-16-17-9-13(18,12(15)6-7-12)8-10-4-2-3-5-11(10)14/h2-5,16-18H,6-9H2,1H3. The number of alkyl halides is 1. The van der Waals surface area contributed by atoms with Crippen molar-refractivity contribution in [2.45, 2.75) is 29.7 Å². The van der Waals surface area contributed by atoms with Crippen LogP contribution in [0.5, 0.6) is 0 Å². The molecule has 1 fully saturated rings. The van der Waals surface area contributed by atoms with Crippen LogP contribution in [0.2, 0.25) is 5.02 Å². The number of hydrazine groups is 1. The van der Waals surface area contributed by atoms with Gasteiger partial charge in [-0.05, 0) is 31.5 Å². The lowest BCUT2D eigenvalue weighted by Gasteiger charge is -2.33. The van der Waals surface area contributed by atoms with Crippen molar-refractivity contribution in [3.63, 3.8) is 0 Å². The van der Waals surface area contributed by atoms with E-state index >= 15 is 0 Å². The van der Waals surface area contributed by atoms with Gasteiger partial charge in [0.05, 0.1) is 4.87 Å². The summed E-state index contributed by atoms with van der Waals surface area (Å²) in [6.07, 6.45) is 2.12. The van der Waals surface area contributed by atoms with Crippen molar-refractivity contribution in [1.29, 1.82) is 0 Å².